The summed E-state index contributed by atoms with van der Waals surface area (Å²) in [7, 11) is 0. The van der Waals surface area contributed by atoms with Crippen LogP contribution in [0.15, 0.2) is 18.3 Å². The number of aromatic amines is 2. The van der Waals surface area contributed by atoms with Gasteiger partial charge in [-0.25, -0.2) is 0 Å². The Bertz CT molecular complexity index is 450. The lowest BCUT2D eigenvalue weighted by molar-refractivity contribution is 0.102. The van der Waals surface area contributed by atoms with Crippen molar-refractivity contribution in [3.8, 4) is 0 Å². The van der Waals surface area contributed by atoms with E-state index in [-0.39, 0.29) is 5.91 Å². The van der Waals surface area contributed by atoms with Crippen molar-refractivity contribution in [1.29, 1.82) is 0 Å². The largest absolute Gasteiger partial charge is 0.357 e. The van der Waals surface area contributed by atoms with E-state index in [9.17, 15) is 4.79 Å². The molecule has 0 aromatic carbocycles. The molecule has 5 heteroatoms. The summed E-state index contributed by atoms with van der Waals surface area (Å²) in [5.74, 6) is -0.160. The Labute approximate surface area is 86.9 Å². The summed E-state index contributed by atoms with van der Waals surface area (Å²) in [4.78, 5) is 14.5. The van der Waals surface area contributed by atoms with Gasteiger partial charge < -0.3 is 10.3 Å². The Morgan fingerprint density at radius 1 is 1.47 bits per heavy atom. The molecule has 0 unspecified atom stereocenters. The Morgan fingerprint density at radius 2 is 2.27 bits per heavy atom. The van der Waals surface area contributed by atoms with Gasteiger partial charge in [0.25, 0.3) is 5.91 Å². The molecule has 0 aliphatic heterocycles. The van der Waals surface area contributed by atoms with Crippen LogP contribution in [0.3, 0.4) is 0 Å². The Kier molecular flexibility index (Phi) is 2.29. The molecule has 0 saturated heterocycles. The number of nitrogens with one attached hydrogen (secondary N) is 3. The van der Waals surface area contributed by atoms with Gasteiger partial charge in [0.05, 0.1) is 17.1 Å². The van der Waals surface area contributed by atoms with Crippen molar-refractivity contribution < 1.29 is 4.79 Å². The molecule has 2 aromatic heterocycles. The van der Waals surface area contributed by atoms with Crippen molar-refractivity contribution in [1.82, 2.24) is 15.2 Å². The second-order valence-electron chi connectivity index (χ2n) is 3.35. The van der Waals surface area contributed by atoms with E-state index in [2.05, 4.69) is 20.5 Å². The molecule has 0 fully saturated rings. The lowest BCUT2D eigenvalue weighted by Gasteiger charge is -2.02. The fraction of sp³-hybridized carbons (Fsp3) is 0.200. The summed E-state index contributed by atoms with van der Waals surface area (Å²) in [5.41, 5.74) is 2.92. The molecular formula is C10H12N4O. The second-order valence-corrected chi connectivity index (χ2v) is 3.35. The van der Waals surface area contributed by atoms with Crippen LogP contribution in [0.1, 0.15) is 21.9 Å². The van der Waals surface area contributed by atoms with Crippen molar-refractivity contribution in [2.75, 3.05) is 5.32 Å². The maximum Gasteiger partial charge on any atom is 0.272 e. The minimum atomic E-state index is -0.160. The van der Waals surface area contributed by atoms with Crippen LogP contribution in [0.2, 0.25) is 0 Å². The van der Waals surface area contributed by atoms with Gasteiger partial charge in [0.1, 0.15) is 5.69 Å². The van der Waals surface area contributed by atoms with Crippen LogP contribution >= 0.6 is 0 Å². The lowest BCUT2D eigenvalue weighted by atomic mass is 10.3. The highest BCUT2D eigenvalue weighted by Gasteiger charge is 2.11. The minimum absolute atomic E-state index is 0.160. The number of carbonyl (C=O) groups is 1. The predicted octanol–water partition coefficient (Wildman–Crippen LogP) is 1.61. The van der Waals surface area contributed by atoms with Crippen LogP contribution in [0.25, 0.3) is 0 Å². The minimum Gasteiger partial charge on any atom is -0.357 e. The first-order valence-corrected chi connectivity index (χ1v) is 4.65. The third kappa shape index (κ3) is 1.76. The van der Waals surface area contributed by atoms with Gasteiger partial charge in [-0.3, -0.25) is 9.89 Å². The molecule has 78 valence electrons. The first-order chi connectivity index (χ1) is 7.18. The van der Waals surface area contributed by atoms with Gasteiger partial charge in [-0.2, -0.15) is 5.10 Å². The van der Waals surface area contributed by atoms with Gasteiger partial charge in [-0.15, -0.1) is 0 Å². The number of nitrogens with zero attached hydrogens (tertiary/aromatic N) is 1. The van der Waals surface area contributed by atoms with E-state index in [1.807, 2.05) is 13.8 Å². The monoisotopic (exact) mass is 204 g/mol. The van der Waals surface area contributed by atoms with E-state index in [0.717, 1.165) is 17.1 Å². The Morgan fingerprint density at radius 3 is 2.80 bits per heavy atom. The number of hydrogen-bond donors (Lipinski definition) is 3. The van der Waals surface area contributed by atoms with Gasteiger partial charge in [-0.05, 0) is 26.0 Å². The van der Waals surface area contributed by atoms with Gasteiger partial charge in [0, 0.05) is 6.20 Å². The molecule has 1 amide bonds. The molecular weight excluding hydrogens is 192 g/mol. The number of carbonyl (C=O) groups excluding carboxylic acids is 1. The molecule has 3 N–H and O–H groups in total. The SMILES string of the molecule is Cc1n[nH]c(C)c1NC(=O)c1ccc[nH]1. The van der Waals surface area contributed by atoms with E-state index < -0.39 is 0 Å². The van der Waals surface area contributed by atoms with Crippen LogP contribution in [-0.2, 0) is 0 Å². The highest BCUT2D eigenvalue weighted by molar-refractivity contribution is 6.03. The molecule has 2 rings (SSSR count). The fourth-order valence-corrected chi connectivity index (χ4v) is 1.39. The van der Waals surface area contributed by atoms with E-state index in [0.29, 0.717) is 5.69 Å². The number of H-pyrrole nitrogens is 2. The van der Waals surface area contributed by atoms with Gasteiger partial charge in [0.2, 0.25) is 0 Å². The number of aromatic nitrogens is 3. The van der Waals surface area contributed by atoms with Crippen molar-refractivity contribution in [2.45, 2.75) is 13.8 Å². The van der Waals surface area contributed by atoms with E-state index in [1.54, 1.807) is 18.3 Å². The standard InChI is InChI=1S/C10H12N4O/c1-6-9(7(2)14-13-6)12-10(15)8-4-3-5-11-8/h3-5,11H,1-2H3,(H,12,15)(H,13,14). The highest BCUT2D eigenvalue weighted by atomic mass is 16.1. The van der Waals surface area contributed by atoms with Crippen molar-refractivity contribution in [3.63, 3.8) is 0 Å². The van der Waals surface area contributed by atoms with Crippen molar-refractivity contribution in [2.24, 2.45) is 0 Å². The third-order valence-corrected chi connectivity index (χ3v) is 2.21. The topological polar surface area (TPSA) is 73.6 Å². The summed E-state index contributed by atoms with van der Waals surface area (Å²) in [6.07, 6.45) is 1.71. The van der Waals surface area contributed by atoms with Crippen LogP contribution < -0.4 is 5.32 Å². The van der Waals surface area contributed by atoms with Crippen LogP contribution in [0.4, 0.5) is 5.69 Å². The highest BCUT2D eigenvalue weighted by Crippen LogP contribution is 2.16. The molecule has 0 aliphatic rings. The van der Waals surface area contributed by atoms with E-state index >= 15 is 0 Å². The van der Waals surface area contributed by atoms with Crippen LogP contribution in [0, 0.1) is 13.8 Å². The van der Waals surface area contributed by atoms with Crippen LogP contribution in [-0.4, -0.2) is 21.1 Å². The maximum absolute atomic E-state index is 11.7. The predicted molar refractivity (Wildman–Crippen MR) is 56.8 cm³/mol. The Hall–Kier alpha value is -2.04. The van der Waals surface area contributed by atoms with Crippen LogP contribution in [0.5, 0.6) is 0 Å². The second kappa shape index (κ2) is 3.61. The molecule has 2 heterocycles. The molecule has 5 nitrogen and oxygen atoms in total. The molecule has 0 bridgehead atoms. The Balaban J connectivity index is 2.20. The summed E-state index contributed by atoms with van der Waals surface area (Å²) < 4.78 is 0. The number of rotatable bonds is 2. The van der Waals surface area contributed by atoms with Crippen molar-refractivity contribution in [3.05, 3.63) is 35.4 Å². The third-order valence-electron chi connectivity index (χ3n) is 2.21. The van der Waals surface area contributed by atoms with E-state index in [4.69, 9.17) is 0 Å². The molecule has 0 spiro atoms. The average molecular weight is 204 g/mol. The molecule has 0 aliphatic carbocycles. The molecule has 0 atom stereocenters. The molecule has 0 radical (unpaired) electrons. The van der Waals surface area contributed by atoms with E-state index in [1.165, 1.54) is 0 Å². The summed E-state index contributed by atoms with van der Waals surface area (Å²) in [5, 5.41) is 9.61. The number of aryl methyl sites for hydroxylation is 2. The summed E-state index contributed by atoms with van der Waals surface area (Å²) in [6.45, 7) is 3.71. The van der Waals surface area contributed by atoms with Gasteiger partial charge in [-0.1, -0.05) is 0 Å². The molecule has 0 saturated carbocycles. The molecule has 2 aromatic rings. The number of amides is 1. The first kappa shape index (κ1) is 9.51. The fourth-order valence-electron chi connectivity index (χ4n) is 1.39. The smallest absolute Gasteiger partial charge is 0.272 e. The zero-order chi connectivity index (χ0) is 10.8. The lowest BCUT2D eigenvalue weighted by Crippen LogP contribution is -2.13. The first-order valence-electron chi connectivity index (χ1n) is 4.65. The van der Waals surface area contributed by atoms with Gasteiger partial charge >= 0.3 is 0 Å². The normalized spacial score (nSPS) is 10.3. The quantitative estimate of drug-likeness (QED) is 0.695. The van der Waals surface area contributed by atoms with Crippen molar-refractivity contribution >= 4 is 11.6 Å². The maximum atomic E-state index is 11.7. The summed E-state index contributed by atoms with van der Waals surface area (Å²) >= 11 is 0. The zero-order valence-corrected chi connectivity index (χ0v) is 8.59. The average Bonchev–Trinajstić information content (AvgIpc) is 2.82. The number of hydrogen-bond acceptors (Lipinski definition) is 2. The van der Waals surface area contributed by atoms with Gasteiger partial charge in [0.15, 0.2) is 0 Å². The number of anilines is 1. The zero-order valence-electron chi connectivity index (χ0n) is 8.59. The summed E-state index contributed by atoms with van der Waals surface area (Å²) in [6, 6.07) is 3.50. The molecule has 15 heavy (non-hydrogen) atoms.